The van der Waals surface area contributed by atoms with E-state index in [4.69, 9.17) is 18.9 Å². The molecule has 186 valence electrons. The SMILES string of the molecule is C=C1CC2C(O)N(C(=O)OCCSSC3CCOCC3)c3cc(OC)c(OC)cc3C(=O)N2C1. The number of hydrogen-bond donors (Lipinski definition) is 1. The van der Waals surface area contributed by atoms with Gasteiger partial charge in [-0.05, 0) is 25.3 Å². The number of benzene rings is 1. The first-order valence-electron chi connectivity index (χ1n) is 11.2. The number of nitrogens with zero attached hydrogens (tertiary/aromatic N) is 2. The summed E-state index contributed by atoms with van der Waals surface area (Å²) < 4.78 is 21.7. The highest BCUT2D eigenvalue weighted by molar-refractivity contribution is 8.76. The van der Waals surface area contributed by atoms with Crippen LogP contribution in [0.1, 0.15) is 29.6 Å². The van der Waals surface area contributed by atoms with Crippen molar-refractivity contribution in [3.8, 4) is 11.5 Å². The average molecular weight is 511 g/mol. The number of rotatable bonds is 7. The number of carbonyl (C=O) groups is 2. The maximum absolute atomic E-state index is 13.4. The lowest BCUT2D eigenvalue weighted by molar-refractivity contribution is 0.0493. The van der Waals surface area contributed by atoms with Crippen LogP contribution in [-0.4, -0.2) is 85.9 Å². The molecule has 4 rings (SSSR count). The molecule has 2 atom stereocenters. The Balaban J connectivity index is 1.52. The summed E-state index contributed by atoms with van der Waals surface area (Å²) in [6.45, 7) is 6.05. The molecule has 0 aromatic heterocycles. The van der Waals surface area contributed by atoms with E-state index in [1.807, 2.05) is 0 Å². The Morgan fingerprint density at radius 3 is 2.65 bits per heavy atom. The van der Waals surface area contributed by atoms with Crippen LogP contribution in [0, 0.1) is 0 Å². The molecule has 34 heavy (non-hydrogen) atoms. The molecule has 3 heterocycles. The number of ether oxygens (including phenoxy) is 4. The summed E-state index contributed by atoms with van der Waals surface area (Å²) in [5, 5.41) is 11.8. The Morgan fingerprint density at radius 2 is 1.94 bits per heavy atom. The van der Waals surface area contributed by atoms with Gasteiger partial charge in [0.2, 0.25) is 0 Å². The standard InChI is InChI=1S/C23H30N2O7S2/c1-14-10-18-22(27)25(23(28)32-8-9-33-34-15-4-6-31-7-5-15)17-12-20(30-3)19(29-2)11-16(17)21(26)24(18)13-14/h11-12,15,18,22,27H,1,4-10,13H2,2-3H3. The summed E-state index contributed by atoms with van der Waals surface area (Å²) in [7, 11) is 6.39. The van der Waals surface area contributed by atoms with Gasteiger partial charge in [0.25, 0.3) is 5.91 Å². The predicted molar refractivity (Wildman–Crippen MR) is 132 cm³/mol. The Hall–Kier alpha value is -2.08. The van der Waals surface area contributed by atoms with Crippen LogP contribution in [0.5, 0.6) is 11.5 Å². The van der Waals surface area contributed by atoms with Crippen molar-refractivity contribution < 1.29 is 33.6 Å². The smallest absolute Gasteiger partial charge is 0.416 e. The van der Waals surface area contributed by atoms with Crippen molar-refractivity contribution in [1.29, 1.82) is 0 Å². The number of methoxy groups -OCH3 is 2. The van der Waals surface area contributed by atoms with Crippen molar-refractivity contribution in [3.63, 3.8) is 0 Å². The highest BCUT2D eigenvalue weighted by atomic mass is 33.1. The molecule has 0 bridgehead atoms. The minimum atomic E-state index is -1.29. The fraction of sp³-hybridized carbons (Fsp3) is 0.565. The van der Waals surface area contributed by atoms with Crippen LogP contribution in [0.15, 0.2) is 24.3 Å². The van der Waals surface area contributed by atoms with E-state index in [1.54, 1.807) is 26.5 Å². The third-order valence-corrected chi connectivity index (χ3v) is 9.05. The van der Waals surface area contributed by atoms with E-state index < -0.39 is 18.4 Å². The lowest BCUT2D eigenvalue weighted by Crippen LogP contribution is -2.51. The summed E-state index contributed by atoms with van der Waals surface area (Å²) in [5.74, 6) is 1.00. The Kier molecular flexibility index (Phi) is 8.18. The normalized spacial score (nSPS) is 22.8. The molecular weight excluding hydrogens is 480 g/mol. The molecule has 0 saturated carbocycles. The van der Waals surface area contributed by atoms with Gasteiger partial charge < -0.3 is 29.0 Å². The minimum absolute atomic E-state index is 0.181. The van der Waals surface area contributed by atoms with Crippen LogP contribution in [0.25, 0.3) is 0 Å². The first kappa shape index (κ1) is 25.0. The molecule has 3 aliphatic heterocycles. The van der Waals surface area contributed by atoms with E-state index in [0.29, 0.717) is 35.5 Å². The van der Waals surface area contributed by atoms with Gasteiger partial charge in [-0.15, -0.1) is 0 Å². The molecule has 2 unspecified atom stereocenters. The maximum atomic E-state index is 13.4. The largest absolute Gasteiger partial charge is 0.493 e. The highest BCUT2D eigenvalue weighted by Crippen LogP contribution is 2.41. The van der Waals surface area contributed by atoms with Crippen LogP contribution in [0.2, 0.25) is 0 Å². The first-order chi connectivity index (χ1) is 16.4. The second-order valence-electron chi connectivity index (χ2n) is 8.31. The predicted octanol–water partition coefficient (Wildman–Crippen LogP) is 3.31. The summed E-state index contributed by atoms with van der Waals surface area (Å²) in [5.41, 5.74) is 1.27. The van der Waals surface area contributed by atoms with E-state index >= 15 is 0 Å². The number of anilines is 1. The van der Waals surface area contributed by atoms with Crippen molar-refractivity contribution in [2.45, 2.75) is 36.8 Å². The molecular formula is C23H30N2O7S2. The molecule has 9 nitrogen and oxygen atoms in total. The topological polar surface area (TPSA) is 97.8 Å². The highest BCUT2D eigenvalue weighted by Gasteiger charge is 2.46. The zero-order valence-corrected chi connectivity index (χ0v) is 21.0. The second kappa shape index (κ2) is 11.1. The number of hydrogen-bond acceptors (Lipinski definition) is 9. The van der Waals surface area contributed by atoms with Gasteiger partial charge in [-0.25, -0.2) is 9.69 Å². The van der Waals surface area contributed by atoms with Crippen LogP contribution in [0.3, 0.4) is 0 Å². The van der Waals surface area contributed by atoms with E-state index in [1.165, 1.54) is 26.4 Å². The molecule has 0 aliphatic carbocycles. The molecule has 1 N–H and O–H groups in total. The fourth-order valence-corrected chi connectivity index (χ4v) is 6.85. The lowest BCUT2D eigenvalue weighted by atomic mass is 10.1. The van der Waals surface area contributed by atoms with Crippen LogP contribution >= 0.6 is 21.6 Å². The second-order valence-corrected chi connectivity index (χ2v) is 11.1. The van der Waals surface area contributed by atoms with Gasteiger partial charge in [0, 0.05) is 36.8 Å². The Bertz CT molecular complexity index is 938. The van der Waals surface area contributed by atoms with E-state index in [-0.39, 0.29) is 23.8 Å². The molecule has 11 heteroatoms. The number of aliphatic hydroxyl groups excluding tert-OH is 1. The quantitative estimate of drug-likeness (QED) is 0.337. The van der Waals surface area contributed by atoms with E-state index in [9.17, 15) is 14.7 Å². The van der Waals surface area contributed by atoms with E-state index in [0.717, 1.165) is 36.5 Å². The van der Waals surface area contributed by atoms with Gasteiger partial charge >= 0.3 is 6.09 Å². The molecule has 2 saturated heterocycles. The zero-order valence-electron chi connectivity index (χ0n) is 19.4. The summed E-state index contributed by atoms with van der Waals surface area (Å²) in [4.78, 5) is 29.3. The number of carbonyl (C=O) groups excluding carboxylic acids is 2. The molecule has 0 spiro atoms. The number of amides is 2. The van der Waals surface area contributed by atoms with Gasteiger partial charge in [-0.3, -0.25) is 4.79 Å². The van der Waals surface area contributed by atoms with Crippen molar-refractivity contribution in [3.05, 3.63) is 29.8 Å². The van der Waals surface area contributed by atoms with Crippen molar-refractivity contribution >= 4 is 39.3 Å². The fourth-order valence-electron chi connectivity index (χ4n) is 4.38. The summed E-state index contributed by atoms with van der Waals surface area (Å²) in [6.07, 6.45) is 0.438. The monoisotopic (exact) mass is 510 g/mol. The average Bonchev–Trinajstić information content (AvgIpc) is 3.22. The molecule has 0 radical (unpaired) electrons. The molecule has 1 aromatic carbocycles. The zero-order chi connectivity index (χ0) is 24.2. The Labute approximate surface area is 207 Å². The lowest BCUT2D eigenvalue weighted by Gasteiger charge is -2.31. The molecule has 2 amide bonds. The van der Waals surface area contributed by atoms with Crippen molar-refractivity contribution in [2.75, 3.05) is 51.2 Å². The van der Waals surface area contributed by atoms with Crippen LogP contribution in [-0.2, 0) is 9.47 Å². The number of aliphatic hydroxyl groups is 1. The van der Waals surface area contributed by atoms with Gasteiger partial charge in [0.1, 0.15) is 6.61 Å². The summed E-state index contributed by atoms with van der Waals surface area (Å²) in [6, 6.07) is 2.45. The first-order valence-corrected chi connectivity index (χ1v) is 13.6. The molecule has 1 aromatic rings. The third kappa shape index (κ3) is 5.12. The van der Waals surface area contributed by atoms with Crippen molar-refractivity contribution in [1.82, 2.24) is 4.90 Å². The van der Waals surface area contributed by atoms with Gasteiger partial charge in [-0.2, -0.15) is 0 Å². The van der Waals surface area contributed by atoms with Gasteiger partial charge in [0.15, 0.2) is 17.7 Å². The van der Waals surface area contributed by atoms with Gasteiger partial charge in [0.05, 0.1) is 31.5 Å². The van der Waals surface area contributed by atoms with E-state index in [2.05, 4.69) is 6.58 Å². The summed E-state index contributed by atoms with van der Waals surface area (Å²) >= 11 is 0. The van der Waals surface area contributed by atoms with Gasteiger partial charge in [-0.1, -0.05) is 33.7 Å². The Morgan fingerprint density at radius 1 is 1.24 bits per heavy atom. The van der Waals surface area contributed by atoms with Crippen molar-refractivity contribution in [2.24, 2.45) is 0 Å². The minimum Gasteiger partial charge on any atom is -0.493 e. The van der Waals surface area contributed by atoms with Crippen LogP contribution in [0.4, 0.5) is 10.5 Å². The van der Waals surface area contributed by atoms with Crippen LogP contribution < -0.4 is 14.4 Å². The molecule has 3 aliphatic rings. The third-order valence-electron chi connectivity index (χ3n) is 6.11. The maximum Gasteiger partial charge on any atom is 0.416 e. The molecule has 2 fully saturated rings. The number of fused-ring (bicyclic) bond motifs is 2.